The fourth-order valence-corrected chi connectivity index (χ4v) is 5.92. The monoisotopic (exact) mass is 538 g/mol. The molecule has 0 heterocycles. The van der Waals surface area contributed by atoms with Crippen LogP contribution in [0.25, 0.3) is 0 Å². The van der Waals surface area contributed by atoms with Crippen molar-refractivity contribution in [1.29, 1.82) is 0 Å². The molecule has 4 nitrogen and oxygen atoms in total. The summed E-state index contributed by atoms with van der Waals surface area (Å²) >= 11 is 1.91. The maximum atomic E-state index is 11.8. The number of ether oxygens (including phenoxy) is 2. The van der Waals surface area contributed by atoms with Crippen LogP contribution in [0.3, 0.4) is 0 Å². The molecule has 39 heavy (non-hydrogen) atoms. The molecule has 0 fully saturated rings. The van der Waals surface area contributed by atoms with Gasteiger partial charge in [-0.2, -0.15) is 11.8 Å². The molecular formula is C34H34O4S. The molecule has 4 aromatic rings. The molecule has 0 bridgehead atoms. The topological polar surface area (TPSA) is 52.6 Å². The Morgan fingerprint density at radius 3 is 1.31 bits per heavy atom. The molecule has 0 amide bonds. The van der Waals surface area contributed by atoms with Gasteiger partial charge in [-0.05, 0) is 47.6 Å². The third-order valence-electron chi connectivity index (χ3n) is 6.60. The van der Waals surface area contributed by atoms with Crippen molar-refractivity contribution in [3.05, 3.63) is 131 Å². The summed E-state index contributed by atoms with van der Waals surface area (Å²) in [5.41, 5.74) is 4.46. The second-order valence-electron chi connectivity index (χ2n) is 9.38. The predicted molar refractivity (Wildman–Crippen MR) is 159 cm³/mol. The van der Waals surface area contributed by atoms with Crippen molar-refractivity contribution in [2.45, 2.75) is 38.5 Å². The minimum atomic E-state index is -0.315. The second-order valence-corrected chi connectivity index (χ2v) is 10.6. The summed E-state index contributed by atoms with van der Waals surface area (Å²) in [5.74, 6) is 2.73. The number of esters is 2. The van der Waals surface area contributed by atoms with E-state index in [1.165, 1.54) is 25.0 Å². The molecule has 5 heteroatoms. The molecule has 0 aliphatic rings. The zero-order chi connectivity index (χ0) is 27.5. The Kier molecular flexibility index (Phi) is 10.4. The van der Waals surface area contributed by atoms with Gasteiger partial charge in [0, 0.05) is 36.8 Å². The van der Waals surface area contributed by atoms with E-state index in [1.807, 2.05) is 60.3 Å². The summed E-state index contributed by atoms with van der Waals surface area (Å²) in [6.07, 6.45) is 1.82. The summed E-state index contributed by atoms with van der Waals surface area (Å²) in [5, 5.41) is 0. The summed E-state index contributed by atoms with van der Waals surface area (Å²) < 4.78 is 11.1. The van der Waals surface area contributed by atoms with Gasteiger partial charge in [-0.15, -0.1) is 0 Å². The third kappa shape index (κ3) is 8.08. The van der Waals surface area contributed by atoms with Crippen LogP contribution in [0.4, 0.5) is 0 Å². The normalized spacial score (nSPS) is 12.4. The Hall–Kier alpha value is -3.83. The molecular weight excluding hydrogens is 504 g/mol. The van der Waals surface area contributed by atoms with E-state index in [0.29, 0.717) is 11.5 Å². The Bertz CT molecular complexity index is 1250. The first-order valence-electron chi connectivity index (χ1n) is 13.2. The van der Waals surface area contributed by atoms with Crippen molar-refractivity contribution < 1.29 is 19.1 Å². The highest BCUT2D eigenvalue weighted by Gasteiger charge is 2.21. The molecule has 0 aromatic heterocycles. The standard InChI is InChI=1S/C34H34O4S/c1-25(35)37-33-19-11-9-17-31(33)29(27-13-5-3-6-14-27)21-23-39-24-22-30(28-15-7-4-8-16-28)32-18-10-12-20-34(32)38-26(2)36/h3-20,29-30H,21-24H2,1-2H3. The van der Waals surface area contributed by atoms with Crippen molar-refractivity contribution in [2.24, 2.45) is 0 Å². The van der Waals surface area contributed by atoms with Gasteiger partial charge in [0.15, 0.2) is 0 Å². The lowest BCUT2D eigenvalue weighted by atomic mass is 9.88. The molecule has 0 aliphatic heterocycles. The van der Waals surface area contributed by atoms with Gasteiger partial charge in [-0.1, -0.05) is 97.1 Å². The summed E-state index contributed by atoms with van der Waals surface area (Å²) in [7, 11) is 0. The summed E-state index contributed by atoms with van der Waals surface area (Å²) in [6.45, 7) is 2.87. The Balaban J connectivity index is 1.48. The van der Waals surface area contributed by atoms with Gasteiger partial charge in [0.2, 0.25) is 0 Å². The van der Waals surface area contributed by atoms with E-state index in [9.17, 15) is 9.59 Å². The molecule has 4 rings (SSSR count). The van der Waals surface area contributed by atoms with Crippen molar-refractivity contribution >= 4 is 23.7 Å². The average Bonchev–Trinajstić information content (AvgIpc) is 2.94. The van der Waals surface area contributed by atoms with Crippen LogP contribution in [0, 0.1) is 0 Å². The van der Waals surface area contributed by atoms with Gasteiger partial charge in [-0.25, -0.2) is 0 Å². The Labute approximate surface area is 235 Å². The fourth-order valence-electron chi connectivity index (χ4n) is 4.91. The minimum absolute atomic E-state index is 0.115. The summed E-state index contributed by atoms with van der Waals surface area (Å²) in [4.78, 5) is 23.5. The minimum Gasteiger partial charge on any atom is -0.426 e. The number of para-hydroxylation sites is 2. The maximum absolute atomic E-state index is 11.8. The largest absolute Gasteiger partial charge is 0.426 e. The quantitative estimate of drug-likeness (QED) is 0.104. The van der Waals surface area contributed by atoms with Gasteiger partial charge < -0.3 is 9.47 Å². The number of carbonyl (C=O) groups excluding carboxylic acids is 2. The van der Waals surface area contributed by atoms with Gasteiger partial charge in [0.05, 0.1) is 0 Å². The molecule has 0 saturated carbocycles. The molecule has 0 N–H and O–H groups in total. The molecule has 2 atom stereocenters. The third-order valence-corrected chi connectivity index (χ3v) is 7.65. The van der Waals surface area contributed by atoms with Crippen LogP contribution in [0.5, 0.6) is 11.5 Å². The van der Waals surface area contributed by atoms with Gasteiger partial charge >= 0.3 is 11.9 Å². The van der Waals surface area contributed by atoms with Crippen LogP contribution < -0.4 is 9.47 Å². The smallest absolute Gasteiger partial charge is 0.308 e. The molecule has 0 aliphatic carbocycles. The maximum Gasteiger partial charge on any atom is 0.308 e. The van der Waals surface area contributed by atoms with E-state index in [0.717, 1.165) is 35.5 Å². The first kappa shape index (κ1) is 28.2. The second kappa shape index (κ2) is 14.4. The van der Waals surface area contributed by atoms with E-state index >= 15 is 0 Å². The van der Waals surface area contributed by atoms with Crippen LogP contribution in [0.1, 0.15) is 60.8 Å². The summed E-state index contributed by atoms with van der Waals surface area (Å²) in [6, 6.07) is 36.4. The molecule has 2 unspecified atom stereocenters. The molecule has 0 spiro atoms. The van der Waals surface area contributed by atoms with Crippen LogP contribution in [0.2, 0.25) is 0 Å². The number of carbonyl (C=O) groups is 2. The number of rotatable bonds is 12. The zero-order valence-corrected chi connectivity index (χ0v) is 23.2. The van der Waals surface area contributed by atoms with E-state index in [2.05, 4.69) is 60.7 Å². The van der Waals surface area contributed by atoms with Crippen molar-refractivity contribution in [3.8, 4) is 11.5 Å². The molecule has 200 valence electrons. The van der Waals surface area contributed by atoms with Gasteiger partial charge in [-0.3, -0.25) is 9.59 Å². The average molecular weight is 539 g/mol. The Morgan fingerprint density at radius 2 is 0.923 bits per heavy atom. The lowest BCUT2D eigenvalue weighted by Crippen LogP contribution is -2.10. The molecule has 0 saturated heterocycles. The van der Waals surface area contributed by atoms with Crippen LogP contribution in [-0.4, -0.2) is 23.4 Å². The van der Waals surface area contributed by atoms with E-state index in [1.54, 1.807) is 0 Å². The van der Waals surface area contributed by atoms with Crippen molar-refractivity contribution in [3.63, 3.8) is 0 Å². The highest BCUT2D eigenvalue weighted by atomic mass is 32.2. The Morgan fingerprint density at radius 1 is 0.564 bits per heavy atom. The predicted octanol–water partition coefficient (Wildman–Crippen LogP) is 8.01. The SMILES string of the molecule is CC(=O)Oc1ccccc1C(CCSCCC(c1ccccc1)c1ccccc1OC(C)=O)c1ccccc1. The van der Waals surface area contributed by atoms with E-state index < -0.39 is 0 Å². The zero-order valence-electron chi connectivity index (χ0n) is 22.4. The highest BCUT2D eigenvalue weighted by Crippen LogP contribution is 2.37. The first-order valence-corrected chi connectivity index (χ1v) is 14.4. The fraction of sp³-hybridized carbons (Fsp3) is 0.235. The number of hydrogen-bond donors (Lipinski definition) is 0. The van der Waals surface area contributed by atoms with Crippen LogP contribution >= 0.6 is 11.8 Å². The number of benzene rings is 4. The lowest BCUT2D eigenvalue weighted by Gasteiger charge is -2.22. The first-order chi connectivity index (χ1) is 19.0. The van der Waals surface area contributed by atoms with Crippen LogP contribution in [-0.2, 0) is 9.59 Å². The van der Waals surface area contributed by atoms with Gasteiger partial charge in [0.25, 0.3) is 0 Å². The highest BCUT2D eigenvalue weighted by molar-refractivity contribution is 7.99. The number of hydrogen-bond acceptors (Lipinski definition) is 5. The van der Waals surface area contributed by atoms with E-state index in [-0.39, 0.29) is 23.8 Å². The lowest BCUT2D eigenvalue weighted by molar-refractivity contribution is -0.132. The van der Waals surface area contributed by atoms with Crippen molar-refractivity contribution in [2.75, 3.05) is 11.5 Å². The van der Waals surface area contributed by atoms with E-state index in [4.69, 9.17) is 9.47 Å². The number of thioether (sulfide) groups is 1. The van der Waals surface area contributed by atoms with Crippen LogP contribution in [0.15, 0.2) is 109 Å². The van der Waals surface area contributed by atoms with Crippen molar-refractivity contribution in [1.82, 2.24) is 0 Å². The molecule has 0 radical (unpaired) electrons. The van der Waals surface area contributed by atoms with Gasteiger partial charge in [0.1, 0.15) is 11.5 Å². The molecule has 4 aromatic carbocycles.